The molecule has 1 aromatic carbocycles. The quantitative estimate of drug-likeness (QED) is 0.862. The second kappa shape index (κ2) is 7.55. The first-order valence-electron chi connectivity index (χ1n) is 7.78. The number of amides is 2. The third-order valence-electron chi connectivity index (χ3n) is 4.25. The Morgan fingerprint density at radius 2 is 2.22 bits per heavy atom. The molecule has 2 aliphatic heterocycles. The fourth-order valence-electron chi connectivity index (χ4n) is 2.94. The van der Waals surface area contributed by atoms with Gasteiger partial charge in [0.2, 0.25) is 5.91 Å². The Kier molecular flexibility index (Phi) is 5.46. The van der Waals surface area contributed by atoms with Crippen LogP contribution in [-0.4, -0.2) is 54.0 Å². The minimum Gasteiger partial charge on any atom is -0.352 e. The predicted octanol–water partition coefficient (Wildman–Crippen LogP) is 1.58. The van der Waals surface area contributed by atoms with Crippen LogP contribution in [0.3, 0.4) is 0 Å². The third-order valence-corrected chi connectivity index (χ3v) is 5.55. The van der Waals surface area contributed by atoms with Crippen molar-refractivity contribution in [1.82, 2.24) is 15.5 Å². The van der Waals surface area contributed by atoms with Gasteiger partial charge in [-0.15, -0.1) is 11.8 Å². The smallest absolute Gasteiger partial charge is 0.252 e. The third kappa shape index (κ3) is 4.00. The normalized spacial score (nSPS) is 24.0. The number of hydrogen-bond donors (Lipinski definition) is 2. The van der Waals surface area contributed by atoms with E-state index in [0.717, 1.165) is 31.1 Å². The van der Waals surface area contributed by atoms with E-state index in [9.17, 15) is 9.59 Å². The van der Waals surface area contributed by atoms with Gasteiger partial charge >= 0.3 is 0 Å². The first kappa shape index (κ1) is 16.6. The fraction of sp³-hybridized carbons (Fsp3) is 0.500. The molecular formula is C16H20ClN3O2S. The summed E-state index contributed by atoms with van der Waals surface area (Å²) >= 11 is 7.82. The molecule has 3 rings (SSSR count). The number of rotatable bonds is 4. The molecule has 7 heteroatoms. The van der Waals surface area contributed by atoms with Crippen molar-refractivity contribution >= 4 is 35.2 Å². The lowest BCUT2D eigenvalue weighted by atomic mass is 10.0. The van der Waals surface area contributed by atoms with Crippen LogP contribution in [0.1, 0.15) is 16.8 Å². The molecule has 0 saturated carbocycles. The summed E-state index contributed by atoms with van der Waals surface area (Å²) < 4.78 is 0. The summed E-state index contributed by atoms with van der Waals surface area (Å²) in [4.78, 5) is 26.4. The van der Waals surface area contributed by atoms with Crippen LogP contribution in [0.5, 0.6) is 0 Å². The molecule has 2 atom stereocenters. The van der Waals surface area contributed by atoms with Crippen molar-refractivity contribution < 1.29 is 9.59 Å². The van der Waals surface area contributed by atoms with Crippen LogP contribution in [0.15, 0.2) is 24.3 Å². The van der Waals surface area contributed by atoms with Gasteiger partial charge in [-0.2, -0.15) is 0 Å². The highest BCUT2D eigenvalue weighted by atomic mass is 35.5. The zero-order valence-electron chi connectivity index (χ0n) is 12.8. The van der Waals surface area contributed by atoms with Gasteiger partial charge in [0, 0.05) is 25.4 Å². The van der Waals surface area contributed by atoms with Crippen molar-refractivity contribution in [1.29, 1.82) is 0 Å². The predicted molar refractivity (Wildman–Crippen MR) is 92.7 cm³/mol. The number of carbonyl (C=O) groups excluding carboxylic acids is 2. The van der Waals surface area contributed by atoms with Gasteiger partial charge in [0.25, 0.3) is 5.91 Å². The molecule has 2 amide bonds. The monoisotopic (exact) mass is 353 g/mol. The van der Waals surface area contributed by atoms with E-state index in [-0.39, 0.29) is 23.8 Å². The van der Waals surface area contributed by atoms with Gasteiger partial charge in [-0.3, -0.25) is 9.59 Å². The summed E-state index contributed by atoms with van der Waals surface area (Å²) in [5.74, 6) is 2.11. The molecule has 0 radical (unpaired) electrons. The number of nitrogens with zero attached hydrogens (tertiary/aromatic N) is 1. The molecule has 23 heavy (non-hydrogen) atoms. The lowest BCUT2D eigenvalue weighted by molar-refractivity contribution is -0.131. The summed E-state index contributed by atoms with van der Waals surface area (Å²) in [6, 6.07) is 6.89. The van der Waals surface area contributed by atoms with Gasteiger partial charge in [0.05, 0.1) is 22.5 Å². The molecule has 0 aliphatic carbocycles. The van der Waals surface area contributed by atoms with Gasteiger partial charge in [-0.25, -0.2) is 0 Å². The molecule has 2 aliphatic rings. The molecule has 2 saturated heterocycles. The highest BCUT2D eigenvalue weighted by Gasteiger charge is 2.33. The maximum atomic E-state index is 12.3. The van der Waals surface area contributed by atoms with Crippen LogP contribution in [0.25, 0.3) is 0 Å². The lowest BCUT2D eigenvalue weighted by Gasteiger charge is -2.19. The van der Waals surface area contributed by atoms with E-state index in [1.807, 2.05) is 4.90 Å². The van der Waals surface area contributed by atoms with Crippen LogP contribution in [0.2, 0.25) is 5.02 Å². The van der Waals surface area contributed by atoms with Crippen molar-refractivity contribution in [2.24, 2.45) is 5.92 Å². The SMILES string of the molecule is O=C(NCC1CNC(C(=O)N2CCSC2)C1)c1ccccc1Cl. The summed E-state index contributed by atoms with van der Waals surface area (Å²) in [5, 5.41) is 6.65. The van der Waals surface area contributed by atoms with Crippen LogP contribution in [0, 0.1) is 5.92 Å². The Morgan fingerprint density at radius 3 is 2.96 bits per heavy atom. The van der Waals surface area contributed by atoms with Gasteiger partial charge in [-0.1, -0.05) is 23.7 Å². The van der Waals surface area contributed by atoms with Crippen LogP contribution in [0.4, 0.5) is 0 Å². The Balaban J connectivity index is 1.47. The number of hydrogen-bond acceptors (Lipinski definition) is 4. The maximum Gasteiger partial charge on any atom is 0.252 e. The van der Waals surface area contributed by atoms with Crippen molar-refractivity contribution in [2.45, 2.75) is 12.5 Å². The number of thioether (sulfide) groups is 1. The Morgan fingerprint density at radius 1 is 1.39 bits per heavy atom. The van der Waals surface area contributed by atoms with Crippen LogP contribution in [-0.2, 0) is 4.79 Å². The molecule has 5 nitrogen and oxygen atoms in total. The summed E-state index contributed by atoms with van der Waals surface area (Å²) in [6.45, 7) is 2.14. The van der Waals surface area contributed by atoms with Gasteiger partial charge in [-0.05, 0) is 24.5 Å². The first-order chi connectivity index (χ1) is 11.1. The van der Waals surface area contributed by atoms with Gasteiger partial charge in [0.15, 0.2) is 0 Å². The minimum absolute atomic E-state index is 0.115. The van der Waals surface area contributed by atoms with E-state index in [1.54, 1.807) is 36.0 Å². The summed E-state index contributed by atoms with van der Waals surface area (Å²) in [5.41, 5.74) is 0.488. The van der Waals surface area contributed by atoms with Gasteiger partial charge in [0.1, 0.15) is 0 Å². The molecule has 0 aromatic heterocycles. The van der Waals surface area contributed by atoms with E-state index in [2.05, 4.69) is 10.6 Å². The topological polar surface area (TPSA) is 61.4 Å². The molecule has 124 valence electrons. The van der Waals surface area contributed by atoms with E-state index in [0.29, 0.717) is 17.1 Å². The second-order valence-electron chi connectivity index (χ2n) is 5.89. The highest BCUT2D eigenvalue weighted by Crippen LogP contribution is 2.20. The molecule has 2 N–H and O–H groups in total. The molecule has 0 bridgehead atoms. The van der Waals surface area contributed by atoms with Crippen molar-refractivity contribution in [2.75, 3.05) is 31.3 Å². The highest BCUT2D eigenvalue weighted by molar-refractivity contribution is 7.99. The fourth-order valence-corrected chi connectivity index (χ4v) is 4.12. The average Bonchev–Trinajstić information content (AvgIpc) is 3.24. The molecule has 0 spiro atoms. The van der Waals surface area contributed by atoms with Crippen LogP contribution >= 0.6 is 23.4 Å². The molecular weight excluding hydrogens is 334 g/mol. The van der Waals surface area contributed by atoms with E-state index < -0.39 is 0 Å². The Bertz CT molecular complexity index is 592. The zero-order chi connectivity index (χ0) is 16.2. The minimum atomic E-state index is -0.165. The molecule has 2 heterocycles. The van der Waals surface area contributed by atoms with E-state index >= 15 is 0 Å². The van der Waals surface area contributed by atoms with E-state index in [1.165, 1.54) is 0 Å². The maximum absolute atomic E-state index is 12.3. The standard InChI is InChI=1S/C16H20ClN3O2S/c17-13-4-2-1-3-12(13)15(21)19-9-11-7-14(18-8-11)16(22)20-5-6-23-10-20/h1-4,11,14,18H,5-10H2,(H,19,21). The molecule has 1 aromatic rings. The van der Waals surface area contributed by atoms with Crippen molar-refractivity contribution in [3.63, 3.8) is 0 Å². The van der Waals surface area contributed by atoms with Gasteiger partial charge < -0.3 is 15.5 Å². The molecule has 2 unspecified atom stereocenters. The number of nitrogens with one attached hydrogen (secondary N) is 2. The van der Waals surface area contributed by atoms with Crippen molar-refractivity contribution in [3.05, 3.63) is 34.9 Å². The number of halogens is 1. The summed E-state index contributed by atoms with van der Waals surface area (Å²) in [7, 11) is 0. The van der Waals surface area contributed by atoms with E-state index in [4.69, 9.17) is 11.6 Å². The average molecular weight is 354 g/mol. The lowest BCUT2D eigenvalue weighted by Crippen LogP contribution is -2.42. The number of carbonyl (C=O) groups is 2. The Labute approximate surface area is 145 Å². The number of benzene rings is 1. The first-order valence-corrected chi connectivity index (χ1v) is 9.31. The second-order valence-corrected chi connectivity index (χ2v) is 7.37. The largest absolute Gasteiger partial charge is 0.352 e. The molecule has 2 fully saturated rings. The van der Waals surface area contributed by atoms with Crippen molar-refractivity contribution in [3.8, 4) is 0 Å². The summed E-state index contributed by atoms with van der Waals surface area (Å²) in [6.07, 6.45) is 0.767. The van der Waals surface area contributed by atoms with Crippen LogP contribution < -0.4 is 10.6 Å². The Hall–Kier alpha value is -1.24. The zero-order valence-corrected chi connectivity index (χ0v) is 14.3.